The van der Waals surface area contributed by atoms with Crippen LogP contribution in [0.25, 0.3) is 0 Å². The van der Waals surface area contributed by atoms with Gasteiger partial charge in [0.2, 0.25) is 0 Å². The van der Waals surface area contributed by atoms with Crippen LogP contribution in [0.5, 0.6) is 0 Å². The second-order valence-corrected chi connectivity index (χ2v) is 8.28. The van der Waals surface area contributed by atoms with E-state index in [9.17, 15) is 13.6 Å². The Kier molecular flexibility index (Phi) is 6.76. The second kappa shape index (κ2) is 9.70. The number of halogens is 2. The zero-order chi connectivity index (χ0) is 22.6. The van der Waals surface area contributed by atoms with Gasteiger partial charge in [-0.1, -0.05) is 48.5 Å². The van der Waals surface area contributed by atoms with Crippen molar-refractivity contribution < 1.29 is 13.5 Å². The monoisotopic (exact) mass is 443 g/mol. The average Bonchev–Trinajstić information content (AvgIpc) is 3.28. The number of ether oxygens (including phenoxy) is 1. The number of nitrogens with zero attached hydrogens (tertiary/aromatic N) is 3. The molecule has 4 rings (SSSR count). The molecule has 0 bridgehead atoms. The average molecular weight is 443 g/mol. The predicted octanol–water partition coefficient (Wildman–Crippen LogP) is 3.50. The summed E-state index contributed by atoms with van der Waals surface area (Å²) in [5.74, 6) is 0. The number of tetrazole rings is 1. The van der Waals surface area contributed by atoms with Crippen LogP contribution in [0, 0.1) is 0 Å². The quantitative estimate of drug-likeness (QED) is 0.557. The molecule has 1 fully saturated rings. The van der Waals surface area contributed by atoms with Gasteiger partial charge in [-0.15, -0.1) is 0 Å². The normalized spacial score (nSPS) is 22.0. The van der Waals surface area contributed by atoms with Crippen LogP contribution in [0.4, 0.5) is 8.78 Å². The van der Waals surface area contributed by atoms with Gasteiger partial charge in [0.15, 0.2) is 0 Å². The molecule has 1 saturated heterocycles. The van der Waals surface area contributed by atoms with Gasteiger partial charge in [0.25, 0.3) is 0 Å². The summed E-state index contributed by atoms with van der Waals surface area (Å²) in [5.41, 5.74) is 1.93. The van der Waals surface area contributed by atoms with E-state index in [0.717, 1.165) is 17.5 Å². The standard InChI is InChI=1S/C23H27F2N5O2/c1-16(19-10-17(12-24)9-18(11-19)13-25)32-15-23(20-5-3-2-4-6-20)8-7-21(14-26-23)30-22(31)27-28-29-30/h2-6,9-11,16,21,26H,7-8,12-15H2,1H3,(H,27,29,31)/t16-,21?,23-/m1/s1. The van der Waals surface area contributed by atoms with Gasteiger partial charge >= 0.3 is 5.69 Å². The third-order valence-electron chi connectivity index (χ3n) is 6.18. The number of rotatable bonds is 8. The van der Waals surface area contributed by atoms with Gasteiger partial charge in [0.05, 0.1) is 24.3 Å². The molecule has 9 heteroatoms. The first-order valence-corrected chi connectivity index (χ1v) is 10.7. The number of hydrogen-bond acceptors (Lipinski definition) is 5. The Morgan fingerprint density at radius 2 is 1.91 bits per heavy atom. The Balaban J connectivity index is 1.53. The lowest BCUT2D eigenvalue weighted by Gasteiger charge is -2.42. The van der Waals surface area contributed by atoms with E-state index in [-0.39, 0.29) is 17.8 Å². The van der Waals surface area contributed by atoms with Gasteiger partial charge in [-0.05, 0) is 52.4 Å². The maximum absolute atomic E-state index is 13.2. The minimum atomic E-state index is -0.647. The van der Waals surface area contributed by atoms with Crippen LogP contribution in [0.15, 0.2) is 53.3 Å². The summed E-state index contributed by atoms with van der Waals surface area (Å²) in [6.45, 7) is 1.49. The van der Waals surface area contributed by atoms with E-state index in [4.69, 9.17) is 4.74 Å². The molecule has 7 nitrogen and oxygen atoms in total. The Hall–Kier alpha value is -2.91. The minimum absolute atomic E-state index is 0.108. The van der Waals surface area contributed by atoms with Crippen LogP contribution in [0.1, 0.15) is 54.2 Å². The number of H-pyrrole nitrogens is 1. The fourth-order valence-electron chi connectivity index (χ4n) is 4.32. The molecule has 3 atom stereocenters. The number of hydrogen-bond donors (Lipinski definition) is 2. The van der Waals surface area contributed by atoms with Crippen molar-refractivity contribution in [1.82, 2.24) is 25.5 Å². The molecule has 0 amide bonds. The molecule has 2 N–H and O–H groups in total. The van der Waals surface area contributed by atoms with Crippen molar-refractivity contribution in [3.05, 3.63) is 81.3 Å². The fourth-order valence-corrected chi connectivity index (χ4v) is 4.32. The summed E-state index contributed by atoms with van der Waals surface area (Å²) < 4.78 is 34.1. The Labute approximate surface area is 184 Å². The van der Waals surface area contributed by atoms with Crippen molar-refractivity contribution >= 4 is 0 Å². The lowest BCUT2D eigenvalue weighted by molar-refractivity contribution is 0.000536. The third kappa shape index (κ3) is 4.63. The third-order valence-corrected chi connectivity index (χ3v) is 6.18. The highest BCUT2D eigenvalue weighted by atomic mass is 19.1. The first kappa shape index (κ1) is 22.3. The van der Waals surface area contributed by atoms with Crippen molar-refractivity contribution in [2.75, 3.05) is 13.2 Å². The first-order valence-electron chi connectivity index (χ1n) is 10.7. The van der Waals surface area contributed by atoms with E-state index < -0.39 is 18.9 Å². The summed E-state index contributed by atoms with van der Waals surface area (Å²) in [6.07, 6.45) is 1.09. The zero-order valence-corrected chi connectivity index (χ0v) is 17.9. The maximum Gasteiger partial charge on any atom is 0.361 e. The van der Waals surface area contributed by atoms with Crippen molar-refractivity contribution in [3.63, 3.8) is 0 Å². The number of nitrogens with one attached hydrogen (secondary N) is 2. The molecule has 1 aromatic heterocycles. The number of alkyl halides is 2. The molecule has 2 aromatic carbocycles. The van der Waals surface area contributed by atoms with Gasteiger partial charge in [-0.25, -0.2) is 18.7 Å². The first-order chi connectivity index (χ1) is 15.5. The molecule has 0 radical (unpaired) electrons. The second-order valence-electron chi connectivity index (χ2n) is 8.28. The van der Waals surface area contributed by atoms with Crippen molar-refractivity contribution in [3.8, 4) is 0 Å². The highest BCUT2D eigenvalue weighted by molar-refractivity contribution is 5.31. The summed E-state index contributed by atoms with van der Waals surface area (Å²) in [7, 11) is 0. The van der Waals surface area contributed by atoms with Crippen LogP contribution in [-0.2, 0) is 23.6 Å². The lowest BCUT2D eigenvalue weighted by Crippen LogP contribution is -2.53. The molecule has 1 aliphatic heterocycles. The van der Waals surface area contributed by atoms with Gasteiger partial charge in [-0.3, -0.25) is 0 Å². The van der Waals surface area contributed by atoms with Crippen molar-refractivity contribution in [1.29, 1.82) is 0 Å². The molecule has 1 aliphatic rings. The smallest absolute Gasteiger partial charge is 0.361 e. The van der Waals surface area contributed by atoms with Crippen molar-refractivity contribution in [2.45, 2.75) is 50.8 Å². The van der Waals surface area contributed by atoms with Crippen LogP contribution in [0.3, 0.4) is 0 Å². The van der Waals surface area contributed by atoms with E-state index in [0.29, 0.717) is 30.7 Å². The molecule has 32 heavy (non-hydrogen) atoms. The topological polar surface area (TPSA) is 84.8 Å². The van der Waals surface area contributed by atoms with E-state index in [2.05, 4.69) is 33.0 Å². The Morgan fingerprint density at radius 3 is 2.47 bits per heavy atom. The van der Waals surface area contributed by atoms with Crippen LogP contribution >= 0.6 is 0 Å². The molecule has 3 aromatic rings. The highest BCUT2D eigenvalue weighted by Crippen LogP contribution is 2.35. The van der Waals surface area contributed by atoms with Gasteiger partial charge in [0, 0.05) is 6.54 Å². The molecule has 2 heterocycles. The van der Waals surface area contributed by atoms with Gasteiger partial charge < -0.3 is 10.1 Å². The Bertz CT molecular complexity index is 1050. The maximum atomic E-state index is 13.2. The van der Waals surface area contributed by atoms with Gasteiger partial charge in [0.1, 0.15) is 13.3 Å². The highest BCUT2D eigenvalue weighted by Gasteiger charge is 2.38. The molecule has 0 saturated carbocycles. The fraction of sp³-hybridized carbons (Fsp3) is 0.435. The summed E-state index contributed by atoms with van der Waals surface area (Å²) in [6, 6.07) is 14.9. The van der Waals surface area contributed by atoms with Crippen LogP contribution < -0.4 is 11.0 Å². The van der Waals surface area contributed by atoms with Crippen molar-refractivity contribution in [2.24, 2.45) is 0 Å². The zero-order valence-electron chi connectivity index (χ0n) is 17.9. The number of piperidine rings is 1. The van der Waals surface area contributed by atoms with E-state index in [1.165, 1.54) is 10.7 Å². The minimum Gasteiger partial charge on any atom is -0.372 e. The SMILES string of the molecule is C[C@@H](OC[C@@]1(c2ccccc2)CCC(n2nn[nH]c2=O)CN1)c1cc(CF)cc(CF)c1. The van der Waals surface area contributed by atoms with Crippen LogP contribution in [0.2, 0.25) is 0 Å². The number of aromatic amines is 1. The molecular formula is C23H27F2N5O2. The lowest BCUT2D eigenvalue weighted by atomic mass is 9.81. The number of benzene rings is 2. The predicted molar refractivity (Wildman–Crippen MR) is 115 cm³/mol. The molecule has 170 valence electrons. The van der Waals surface area contributed by atoms with Crippen LogP contribution in [-0.4, -0.2) is 33.4 Å². The Morgan fingerprint density at radius 1 is 1.19 bits per heavy atom. The molecule has 0 aliphatic carbocycles. The summed E-state index contributed by atoms with van der Waals surface area (Å²) in [5, 5.41) is 13.4. The summed E-state index contributed by atoms with van der Waals surface area (Å²) >= 11 is 0. The largest absolute Gasteiger partial charge is 0.372 e. The molecular weight excluding hydrogens is 416 g/mol. The molecule has 1 unspecified atom stereocenters. The van der Waals surface area contributed by atoms with E-state index in [1.54, 1.807) is 12.1 Å². The number of aromatic nitrogens is 4. The molecule has 0 spiro atoms. The van der Waals surface area contributed by atoms with E-state index in [1.807, 2.05) is 25.1 Å². The van der Waals surface area contributed by atoms with E-state index >= 15 is 0 Å². The summed E-state index contributed by atoms with van der Waals surface area (Å²) in [4.78, 5) is 11.9. The van der Waals surface area contributed by atoms with Gasteiger partial charge in [-0.2, -0.15) is 4.68 Å².